The van der Waals surface area contributed by atoms with E-state index in [1.165, 1.54) is 4.90 Å². The third kappa shape index (κ3) is 3.49. The van der Waals surface area contributed by atoms with Crippen LogP contribution in [0, 0.1) is 11.6 Å². The summed E-state index contributed by atoms with van der Waals surface area (Å²) in [4.78, 5) is 12.9. The van der Waals surface area contributed by atoms with Crippen molar-refractivity contribution in [2.75, 3.05) is 25.5 Å². The number of anilines is 1. The first kappa shape index (κ1) is 12.4. The molecule has 0 radical (unpaired) electrons. The molecule has 0 aromatic heterocycles. The zero-order chi connectivity index (χ0) is 12.1. The molecule has 16 heavy (non-hydrogen) atoms. The van der Waals surface area contributed by atoms with Crippen molar-refractivity contribution in [2.45, 2.75) is 6.92 Å². The number of nitrogens with one attached hydrogen (secondary N) is 1. The molecule has 0 saturated heterocycles. The van der Waals surface area contributed by atoms with E-state index in [2.05, 4.69) is 5.32 Å². The van der Waals surface area contributed by atoms with Gasteiger partial charge in [-0.15, -0.1) is 0 Å². The second-order valence-corrected chi connectivity index (χ2v) is 3.42. The highest BCUT2D eigenvalue weighted by Crippen LogP contribution is 2.12. The van der Waals surface area contributed by atoms with Crippen LogP contribution in [0.5, 0.6) is 0 Å². The maximum Gasteiger partial charge on any atom is 0.241 e. The van der Waals surface area contributed by atoms with Gasteiger partial charge in [0, 0.05) is 25.3 Å². The molecule has 1 amide bonds. The number of amides is 1. The summed E-state index contributed by atoms with van der Waals surface area (Å²) in [6.07, 6.45) is 0. The molecule has 0 aliphatic rings. The highest BCUT2D eigenvalue weighted by molar-refractivity contribution is 5.80. The average molecular weight is 228 g/mol. The van der Waals surface area contributed by atoms with Gasteiger partial charge < -0.3 is 10.2 Å². The van der Waals surface area contributed by atoms with Gasteiger partial charge in [-0.1, -0.05) is 0 Å². The second kappa shape index (κ2) is 5.44. The molecule has 1 N–H and O–H groups in total. The second-order valence-electron chi connectivity index (χ2n) is 3.42. The third-order valence-corrected chi connectivity index (χ3v) is 2.21. The Morgan fingerprint density at radius 1 is 1.31 bits per heavy atom. The summed E-state index contributed by atoms with van der Waals surface area (Å²) in [7, 11) is 1.66. The summed E-state index contributed by atoms with van der Waals surface area (Å²) in [5, 5.41) is 2.67. The first-order valence-corrected chi connectivity index (χ1v) is 4.97. The van der Waals surface area contributed by atoms with E-state index in [9.17, 15) is 13.6 Å². The third-order valence-electron chi connectivity index (χ3n) is 2.21. The van der Waals surface area contributed by atoms with Crippen LogP contribution in [0.25, 0.3) is 0 Å². The molecule has 0 aliphatic heterocycles. The lowest BCUT2D eigenvalue weighted by Crippen LogP contribution is -2.31. The lowest BCUT2D eigenvalue weighted by Gasteiger charge is -2.15. The molecular weight excluding hydrogens is 214 g/mol. The number of carbonyl (C=O) groups excluding carboxylic acids is 1. The van der Waals surface area contributed by atoms with Gasteiger partial charge in [0.1, 0.15) is 11.6 Å². The Bertz CT molecular complexity index is 362. The van der Waals surface area contributed by atoms with E-state index in [0.717, 1.165) is 18.2 Å². The molecule has 0 heterocycles. The maximum atomic E-state index is 12.8. The monoisotopic (exact) mass is 228 g/mol. The number of benzene rings is 1. The number of rotatable bonds is 4. The van der Waals surface area contributed by atoms with Crippen molar-refractivity contribution >= 4 is 11.6 Å². The fraction of sp³-hybridized carbons (Fsp3) is 0.364. The minimum Gasteiger partial charge on any atom is -0.376 e. The fourth-order valence-electron chi connectivity index (χ4n) is 1.14. The van der Waals surface area contributed by atoms with E-state index in [-0.39, 0.29) is 18.1 Å². The Labute approximate surface area is 93.1 Å². The SMILES string of the molecule is CCN(C)C(=O)CNc1cc(F)cc(F)c1. The van der Waals surface area contributed by atoms with Gasteiger partial charge in [0.05, 0.1) is 6.54 Å². The van der Waals surface area contributed by atoms with Crippen LogP contribution in [0.15, 0.2) is 18.2 Å². The standard InChI is InChI=1S/C11H14F2N2O/c1-3-15(2)11(16)7-14-10-5-8(12)4-9(13)6-10/h4-6,14H,3,7H2,1-2H3. The van der Waals surface area contributed by atoms with Gasteiger partial charge in [-0.05, 0) is 19.1 Å². The molecule has 0 saturated carbocycles. The van der Waals surface area contributed by atoms with Gasteiger partial charge >= 0.3 is 0 Å². The number of halogens is 2. The molecule has 88 valence electrons. The molecule has 0 spiro atoms. The van der Waals surface area contributed by atoms with E-state index in [1.54, 1.807) is 7.05 Å². The summed E-state index contributed by atoms with van der Waals surface area (Å²) in [5.41, 5.74) is 0.260. The van der Waals surface area contributed by atoms with Gasteiger partial charge in [-0.25, -0.2) is 8.78 Å². The van der Waals surface area contributed by atoms with Crippen LogP contribution in [0.1, 0.15) is 6.92 Å². The van der Waals surface area contributed by atoms with E-state index in [0.29, 0.717) is 6.54 Å². The van der Waals surface area contributed by atoms with Crippen LogP contribution in [-0.2, 0) is 4.79 Å². The molecule has 1 aromatic carbocycles. The molecular formula is C11H14F2N2O. The molecule has 3 nitrogen and oxygen atoms in total. The normalized spacial score (nSPS) is 10.0. The predicted octanol–water partition coefficient (Wildman–Crippen LogP) is 1.85. The lowest BCUT2D eigenvalue weighted by molar-refractivity contribution is -0.127. The number of carbonyl (C=O) groups is 1. The first-order valence-electron chi connectivity index (χ1n) is 4.97. The van der Waals surface area contributed by atoms with E-state index in [4.69, 9.17) is 0 Å². The van der Waals surface area contributed by atoms with Crippen LogP contribution in [-0.4, -0.2) is 30.9 Å². The number of hydrogen-bond acceptors (Lipinski definition) is 2. The summed E-state index contributed by atoms with van der Waals surface area (Å²) in [6, 6.07) is 3.07. The minimum atomic E-state index is -0.668. The van der Waals surface area contributed by atoms with E-state index < -0.39 is 11.6 Å². The van der Waals surface area contributed by atoms with Crippen LogP contribution in [0.4, 0.5) is 14.5 Å². The molecule has 0 unspecified atom stereocenters. The Morgan fingerprint density at radius 2 is 1.88 bits per heavy atom. The zero-order valence-corrected chi connectivity index (χ0v) is 9.26. The van der Waals surface area contributed by atoms with Crippen LogP contribution >= 0.6 is 0 Å². The van der Waals surface area contributed by atoms with Crippen LogP contribution < -0.4 is 5.32 Å². The number of hydrogen-bond donors (Lipinski definition) is 1. The molecule has 1 aromatic rings. The zero-order valence-electron chi connectivity index (χ0n) is 9.26. The molecule has 0 bridgehead atoms. The first-order chi connectivity index (χ1) is 7.52. The number of likely N-dealkylation sites (N-methyl/N-ethyl adjacent to an activating group) is 1. The molecule has 1 rings (SSSR count). The maximum absolute atomic E-state index is 12.8. The summed E-state index contributed by atoms with van der Waals surface area (Å²) in [5.74, 6) is -1.47. The van der Waals surface area contributed by atoms with Crippen molar-refractivity contribution < 1.29 is 13.6 Å². The molecule has 0 aliphatic carbocycles. The Balaban J connectivity index is 2.58. The van der Waals surface area contributed by atoms with Gasteiger partial charge in [0.15, 0.2) is 0 Å². The Hall–Kier alpha value is -1.65. The van der Waals surface area contributed by atoms with Crippen molar-refractivity contribution in [1.82, 2.24) is 4.90 Å². The van der Waals surface area contributed by atoms with Crippen molar-refractivity contribution in [2.24, 2.45) is 0 Å². The summed E-state index contributed by atoms with van der Waals surface area (Å²) in [6.45, 7) is 2.46. The summed E-state index contributed by atoms with van der Waals surface area (Å²) >= 11 is 0. The smallest absolute Gasteiger partial charge is 0.241 e. The molecule has 0 atom stereocenters. The highest BCUT2D eigenvalue weighted by Gasteiger charge is 2.06. The van der Waals surface area contributed by atoms with Gasteiger partial charge in [0.2, 0.25) is 5.91 Å². The van der Waals surface area contributed by atoms with Gasteiger partial charge in [0.25, 0.3) is 0 Å². The van der Waals surface area contributed by atoms with Crippen molar-refractivity contribution in [3.63, 3.8) is 0 Å². The highest BCUT2D eigenvalue weighted by atomic mass is 19.1. The molecule has 5 heteroatoms. The topological polar surface area (TPSA) is 32.3 Å². The van der Waals surface area contributed by atoms with E-state index >= 15 is 0 Å². The summed E-state index contributed by atoms with van der Waals surface area (Å²) < 4.78 is 25.6. The van der Waals surface area contributed by atoms with Crippen molar-refractivity contribution in [3.05, 3.63) is 29.8 Å². The average Bonchev–Trinajstić information content (AvgIpc) is 2.23. The fourth-order valence-corrected chi connectivity index (χ4v) is 1.14. The number of nitrogens with zero attached hydrogens (tertiary/aromatic N) is 1. The van der Waals surface area contributed by atoms with Gasteiger partial charge in [-0.2, -0.15) is 0 Å². The minimum absolute atomic E-state index is 0.0211. The van der Waals surface area contributed by atoms with Crippen LogP contribution in [0.2, 0.25) is 0 Å². The Kier molecular flexibility index (Phi) is 4.22. The largest absolute Gasteiger partial charge is 0.376 e. The molecule has 0 fully saturated rings. The van der Waals surface area contributed by atoms with Crippen molar-refractivity contribution in [3.8, 4) is 0 Å². The predicted molar refractivity (Wildman–Crippen MR) is 58.2 cm³/mol. The lowest BCUT2D eigenvalue weighted by atomic mass is 10.3. The van der Waals surface area contributed by atoms with Crippen molar-refractivity contribution in [1.29, 1.82) is 0 Å². The van der Waals surface area contributed by atoms with Gasteiger partial charge in [-0.3, -0.25) is 4.79 Å². The van der Waals surface area contributed by atoms with E-state index in [1.807, 2.05) is 6.92 Å². The quantitative estimate of drug-likeness (QED) is 0.853. The van der Waals surface area contributed by atoms with Crippen LogP contribution in [0.3, 0.4) is 0 Å². The Morgan fingerprint density at radius 3 is 2.38 bits per heavy atom.